The number of nitrogens with one attached hydrogen (secondary N) is 1. The van der Waals surface area contributed by atoms with Crippen molar-refractivity contribution in [2.24, 2.45) is 5.73 Å². The van der Waals surface area contributed by atoms with Crippen LogP contribution in [0.3, 0.4) is 0 Å². The highest BCUT2D eigenvalue weighted by Crippen LogP contribution is 2.32. The molecule has 0 bridgehead atoms. The van der Waals surface area contributed by atoms with E-state index in [0.29, 0.717) is 23.6 Å². The Bertz CT molecular complexity index is 1260. The summed E-state index contributed by atoms with van der Waals surface area (Å²) in [5, 5.41) is 0.248. The molecule has 2 aromatic carbocycles. The Morgan fingerprint density at radius 3 is 2.47 bits per heavy atom. The van der Waals surface area contributed by atoms with Crippen molar-refractivity contribution >= 4 is 33.5 Å². The van der Waals surface area contributed by atoms with Crippen molar-refractivity contribution in [3.05, 3.63) is 77.1 Å². The van der Waals surface area contributed by atoms with Gasteiger partial charge in [-0.1, -0.05) is 54.1 Å². The number of benzene rings is 2. The molecule has 1 aliphatic carbocycles. The summed E-state index contributed by atoms with van der Waals surface area (Å²) < 4.78 is 26.9. The van der Waals surface area contributed by atoms with Crippen LogP contribution in [0, 0.1) is 0 Å². The fourth-order valence-corrected chi connectivity index (χ4v) is 5.03. The van der Waals surface area contributed by atoms with Gasteiger partial charge in [0.25, 0.3) is 0 Å². The predicted octanol–water partition coefficient (Wildman–Crippen LogP) is 3.69. The number of carbonyl (C=O) groups excluding carboxylic acids is 1. The van der Waals surface area contributed by atoms with Crippen molar-refractivity contribution in [1.29, 1.82) is 0 Å². The molecule has 3 aromatic rings. The summed E-state index contributed by atoms with van der Waals surface area (Å²) in [6.07, 6.45) is 2.96. The summed E-state index contributed by atoms with van der Waals surface area (Å²) >= 11 is 6.29. The number of halogens is 1. The topological polar surface area (TPSA) is 115 Å². The molecule has 7 nitrogen and oxygen atoms in total. The van der Waals surface area contributed by atoms with Gasteiger partial charge in [-0.25, -0.2) is 18.4 Å². The Kier molecular flexibility index (Phi) is 5.92. The summed E-state index contributed by atoms with van der Waals surface area (Å²) in [5.74, 6) is -0.627. The Morgan fingerprint density at radius 1 is 1.16 bits per heavy atom. The Morgan fingerprint density at radius 2 is 1.84 bits per heavy atom. The van der Waals surface area contributed by atoms with Crippen LogP contribution in [0.25, 0.3) is 11.1 Å². The van der Waals surface area contributed by atoms with Crippen molar-refractivity contribution in [2.45, 2.75) is 36.9 Å². The van der Waals surface area contributed by atoms with E-state index in [1.165, 1.54) is 6.20 Å². The Labute approximate surface area is 192 Å². The van der Waals surface area contributed by atoms with Gasteiger partial charge in [-0.15, -0.1) is 0 Å². The zero-order valence-corrected chi connectivity index (χ0v) is 19.0. The monoisotopic (exact) mass is 470 g/mol. The summed E-state index contributed by atoms with van der Waals surface area (Å²) in [7, 11) is -3.52. The van der Waals surface area contributed by atoms with Crippen molar-refractivity contribution in [1.82, 2.24) is 9.97 Å². The van der Waals surface area contributed by atoms with E-state index < -0.39 is 26.6 Å². The van der Waals surface area contributed by atoms with E-state index in [-0.39, 0.29) is 12.4 Å². The number of amides is 1. The van der Waals surface area contributed by atoms with Crippen LogP contribution in [0.4, 0.5) is 5.95 Å². The molecule has 1 aliphatic rings. The van der Waals surface area contributed by atoms with Gasteiger partial charge in [0.2, 0.25) is 21.9 Å². The van der Waals surface area contributed by atoms with Crippen molar-refractivity contribution in [3.63, 3.8) is 0 Å². The van der Waals surface area contributed by atoms with Gasteiger partial charge in [-0.3, -0.25) is 9.52 Å². The Hall–Kier alpha value is -2.97. The maximum absolute atomic E-state index is 12.5. The predicted molar refractivity (Wildman–Crippen MR) is 125 cm³/mol. The third-order valence-electron chi connectivity index (χ3n) is 5.66. The number of hydrogen-bond acceptors (Lipinski definition) is 5. The largest absolute Gasteiger partial charge is 0.369 e. The molecule has 0 aliphatic heterocycles. The van der Waals surface area contributed by atoms with Crippen LogP contribution < -0.4 is 10.5 Å². The van der Waals surface area contributed by atoms with E-state index in [2.05, 4.69) is 14.7 Å². The lowest BCUT2D eigenvalue weighted by atomic mass is 9.79. The molecule has 4 rings (SSSR count). The average Bonchev–Trinajstić information content (AvgIpc) is 3.61. The summed E-state index contributed by atoms with van der Waals surface area (Å²) in [6.45, 7) is 1.69. The number of anilines is 1. The second kappa shape index (κ2) is 8.52. The molecule has 0 saturated heterocycles. The van der Waals surface area contributed by atoms with Gasteiger partial charge in [0, 0.05) is 16.8 Å². The number of hydrogen-bond donors (Lipinski definition) is 2. The van der Waals surface area contributed by atoms with Gasteiger partial charge >= 0.3 is 0 Å². The molecule has 0 spiro atoms. The summed E-state index contributed by atoms with van der Waals surface area (Å²) in [4.78, 5) is 20.8. The van der Waals surface area contributed by atoms with Gasteiger partial charge in [0.1, 0.15) is 0 Å². The van der Waals surface area contributed by atoms with Crippen molar-refractivity contribution in [2.75, 3.05) is 4.72 Å². The van der Waals surface area contributed by atoms with E-state index >= 15 is 0 Å². The summed E-state index contributed by atoms with van der Waals surface area (Å²) in [6, 6.07) is 16.9. The highest BCUT2D eigenvalue weighted by molar-refractivity contribution is 7.93. The second-order valence-electron chi connectivity index (χ2n) is 8.16. The molecule has 166 valence electrons. The smallest absolute Gasteiger partial charge is 0.237 e. The minimum Gasteiger partial charge on any atom is -0.369 e. The lowest BCUT2D eigenvalue weighted by Crippen LogP contribution is -2.41. The molecule has 1 saturated carbocycles. The highest BCUT2D eigenvalue weighted by Gasteiger charge is 2.38. The number of nitrogens with two attached hydrogens (primary N) is 1. The van der Waals surface area contributed by atoms with Gasteiger partial charge in [-0.2, -0.15) is 0 Å². The van der Waals surface area contributed by atoms with Crippen molar-refractivity contribution < 1.29 is 13.2 Å². The lowest BCUT2D eigenvalue weighted by Gasteiger charge is -2.26. The lowest BCUT2D eigenvalue weighted by molar-refractivity contribution is -0.123. The molecular weight excluding hydrogens is 448 g/mol. The number of aromatic nitrogens is 2. The van der Waals surface area contributed by atoms with E-state index in [1.54, 1.807) is 13.0 Å². The standard InChI is InChI=1S/C23H23ClN4O3S/c1-23(21(25)29,20-12-13-26-22(27-20)28-32(30,31)17-10-11-17)14-15-6-8-16(9-7-15)18-4-2-3-5-19(18)24/h2-9,12-13,17H,10-11,14H2,1H3,(H2,25,29)(H,26,27,28). The molecular formula is C23H23ClN4O3S. The fourth-order valence-electron chi connectivity index (χ4n) is 3.51. The molecule has 3 N–H and O–H groups in total. The van der Waals surface area contributed by atoms with Crippen LogP contribution in [-0.4, -0.2) is 29.5 Å². The molecule has 1 heterocycles. The molecule has 1 fully saturated rings. The molecule has 1 aromatic heterocycles. The van der Waals surface area contributed by atoms with E-state index in [1.807, 2.05) is 48.5 Å². The minimum atomic E-state index is -3.52. The zero-order chi connectivity index (χ0) is 22.9. The quantitative estimate of drug-likeness (QED) is 0.521. The van der Waals surface area contributed by atoms with Crippen LogP contribution in [-0.2, 0) is 26.7 Å². The fraction of sp³-hybridized carbons (Fsp3) is 0.261. The highest BCUT2D eigenvalue weighted by atomic mass is 35.5. The number of nitrogens with zero attached hydrogens (tertiary/aromatic N) is 2. The molecule has 9 heteroatoms. The third-order valence-corrected chi connectivity index (χ3v) is 7.80. The number of sulfonamides is 1. The molecule has 0 radical (unpaired) electrons. The van der Waals surface area contributed by atoms with E-state index in [9.17, 15) is 13.2 Å². The number of carbonyl (C=O) groups is 1. The van der Waals surface area contributed by atoms with Crippen molar-refractivity contribution in [3.8, 4) is 11.1 Å². The van der Waals surface area contributed by atoms with E-state index in [0.717, 1.165) is 16.7 Å². The third kappa shape index (κ3) is 4.61. The summed E-state index contributed by atoms with van der Waals surface area (Å²) in [5.41, 5.74) is 7.72. The Balaban J connectivity index is 1.60. The van der Waals surface area contributed by atoms with Crippen LogP contribution in [0.5, 0.6) is 0 Å². The van der Waals surface area contributed by atoms with Crippen LogP contribution in [0.2, 0.25) is 5.02 Å². The molecule has 1 unspecified atom stereocenters. The molecule has 1 amide bonds. The first kappa shape index (κ1) is 22.2. The SMILES string of the molecule is CC(Cc1ccc(-c2ccccc2Cl)cc1)(C(N)=O)c1ccnc(NS(=O)(=O)C2CC2)n1. The van der Waals surface area contributed by atoms with Gasteiger partial charge < -0.3 is 5.73 Å². The molecule has 32 heavy (non-hydrogen) atoms. The van der Waals surface area contributed by atoms with E-state index in [4.69, 9.17) is 17.3 Å². The number of rotatable bonds is 8. The first-order valence-electron chi connectivity index (χ1n) is 10.2. The van der Waals surface area contributed by atoms with Crippen LogP contribution >= 0.6 is 11.6 Å². The van der Waals surface area contributed by atoms with Gasteiger partial charge in [0.15, 0.2) is 0 Å². The molecule has 1 atom stereocenters. The second-order valence-corrected chi connectivity index (χ2v) is 10.5. The zero-order valence-electron chi connectivity index (χ0n) is 17.5. The first-order valence-corrected chi connectivity index (χ1v) is 12.1. The maximum Gasteiger partial charge on any atom is 0.237 e. The first-order chi connectivity index (χ1) is 15.2. The van der Waals surface area contributed by atoms with Gasteiger partial charge in [-0.05, 0) is 49.4 Å². The normalized spacial score (nSPS) is 15.7. The van der Waals surface area contributed by atoms with Crippen LogP contribution in [0.15, 0.2) is 60.8 Å². The average molecular weight is 471 g/mol. The maximum atomic E-state index is 12.5. The van der Waals surface area contributed by atoms with Gasteiger partial charge in [0.05, 0.1) is 16.4 Å². The minimum absolute atomic E-state index is 0.0593. The number of primary amides is 1. The van der Waals surface area contributed by atoms with Crippen LogP contribution in [0.1, 0.15) is 31.0 Å².